The summed E-state index contributed by atoms with van der Waals surface area (Å²) < 4.78 is 0. The van der Waals surface area contributed by atoms with Gasteiger partial charge in [-0.15, -0.1) is 0 Å². The molecule has 0 amide bonds. The lowest BCUT2D eigenvalue weighted by Crippen LogP contribution is -2.38. The van der Waals surface area contributed by atoms with Gasteiger partial charge in [-0.2, -0.15) is 0 Å². The molecule has 0 aromatic carbocycles. The molecular formula is C17H28O2. The van der Waals surface area contributed by atoms with E-state index in [4.69, 9.17) is 0 Å². The monoisotopic (exact) mass is 264 g/mol. The van der Waals surface area contributed by atoms with Crippen molar-refractivity contribution >= 4 is 11.6 Å². The SMILES string of the molecule is CC(=O)C(C)C(C)CC(=O)C1C(C)C=CCC1(C)C. The zero-order chi connectivity index (χ0) is 14.8. The third kappa shape index (κ3) is 3.77. The number of hydrogen-bond acceptors (Lipinski definition) is 2. The molecule has 108 valence electrons. The molecule has 0 saturated heterocycles. The molecule has 0 radical (unpaired) electrons. The smallest absolute Gasteiger partial charge is 0.137 e. The van der Waals surface area contributed by atoms with Gasteiger partial charge >= 0.3 is 0 Å². The normalized spacial score (nSPS) is 28.7. The van der Waals surface area contributed by atoms with Crippen LogP contribution in [-0.4, -0.2) is 11.6 Å². The summed E-state index contributed by atoms with van der Waals surface area (Å²) in [6.45, 7) is 12.0. The minimum absolute atomic E-state index is 0.0264. The van der Waals surface area contributed by atoms with E-state index in [1.165, 1.54) is 0 Å². The molecule has 0 N–H and O–H groups in total. The van der Waals surface area contributed by atoms with E-state index in [9.17, 15) is 9.59 Å². The van der Waals surface area contributed by atoms with Gasteiger partial charge in [-0.05, 0) is 30.6 Å². The van der Waals surface area contributed by atoms with Gasteiger partial charge < -0.3 is 0 Å². The second-order valence-corrected chi connectivity index (χ2v) is 7.00. The molecule has 1 rings (SSSR count). The molecule has 0 aromatic rings. The van der Waals surface area contributed by atoms with E-state index in [1.54, 1.807) is 6.92 Å². The number of carbonyl (C=O) groups excluding carboxylic acids is 2. The van der Waals surface area contributed by atoms with E-state index in [0.29, 0.717) is 18.1 Å². The van der Waals surface area contributed by atoms with E-state index in [0.717, 1.165) is 6.42 Å². The molecular weight excluding hydrogens is 236 g/mol. The molecule has 4 atom stereocenters. The van der Waals surface area contributed by atoms with Crippen LogP contribution in [0.3, 0.4) is 0 Å². The zero-order valence-corrected chi connectivity index (χ0v) is 13.2. The van der Waals surface area contributed by atoms with Crippen LogP contribution in [0, 0.1) is 29.1 Å². The van der Waals surface area contributed by atoms with Crippen molar-refractivity contribution < 1.29 is 9.59 Å². The topological polar surface area (TPSA) is 34.1 Å². The average Bonchev–Trinajstić information content (AvgIpc) is 2.25. The molecule has 4 unspecified atom stereocenters. The number of ketones is 2. The van der Waals surface area contributed by atoms with E-state index < -0.39 is 0 Å². The summed E-state index contributed by atoms with van der Waals surface area (Å²) in [6.07, 6.45) is 5.83. The van der Waals surface area contributed by atoms with Crippen LogP contribution in [-0.2, 0) is 9.59 Å². The quantitative estimate of drug-likeness (QED) is 0.702. The van der Waals surface area contributed by atoms with Crippen molar-refractivity contribution in [2.45, 2.75) is 54.4 Å². The van der Waals surface area contributed by atoms with E-state index in [-0.39, 0.29) is 29.0 Å². The fraction of sp³-hybridized carbons (Fsp3) is 0.765. The lowest BCUT2D eigenvalue weighted by molar-refractivity contribution is -0.130. The molecule has 0 aromatic heterocycles. The maximum atomic E-state index is 12.6. The Balaban J connectivity index is 2.77. The first-order chi connectivity index (χ1) is 8.66. The number of hydrogen-bond donors (Lipinski definition) is 0. The first kappa shape index (κ1) is 16.1. The van der Waals surface area contributed by atoms with Gasteiger partial charge in [-0.1, -0.05) is 46.8 Å². The van der Waals surface area contributed by atoms with Crippen molar-refractivity contribution in [1.82, 2.24) is 0 Å². The summed E-state index contributed by atoms with van der Waals surface area (Å²) in [5.41, 5.74) is 0.0322. The van der Waals surface area contributed by atoms with Gasteiger partial charge in [0.05, 0.1) is 0 Å². The van der Waals surface area contributed by atoms with Crippen LogP contribution in [0.2, 0.25) is 0 Å². The Morgan fingerprint density at radius 1 is 1.32 bits per heavy atom. The Labute approximate surface area is 117 Å². The lowest BCUT2D eigenvalue weighted by atomic mass is 9.64. The Morgan fingerprint density at radius 2 is 1.89 bits per heavy atom. The summed E-state index contributed by atoms with van der Waals surface area (Å²) in [5, 5.41) is 0. The molecule has 0 saturated carbocycles. The van der Waals surface area contributed by atoms with Crippen LogP contribution in [0.4, 0.5) is 0 Å². The minimum atomic E-state index is -0.0264. The molecule has 19 heavy (non-hydrogen) atoms. The average molecular weight is 264 g/mol. The van der Waals surface area contributed by atoms with Crippen molar-refractivity contribution in [2.75, 3.05) is 0 Å². The molecule has 1 aliphatic rings. The Kier molecular flexibility index (Phi) is 5.11. The first-order valence-corrected chi connectivity index (χ1v) is 7.36. The summed E-state index contributed by atoms with van der Waals surface area (Å²) >= 11 is 0. The molecule has 1 aliphatic carbocycles. The minimum Gasteiger partial charge on any atom is -0.300 e. The molecule has 2 heteroatoms. The first-order valence-electron chi connectivity index (χ1n) is 7.36. The maximum Gasteiger partial charge on any atom is 0.137 e. The fourth-order valence-electron chi connectivity index (χ4n) is 3.29. The second kappa shape index (κ2) is 6.02. The van der Waals surface area contributed by atoms with E-state index in [1.807, 2.05) is 13.8 Å². The van der Waals surface area contributed by atoms with Crippen molar-refractivity contribution in [3.05, 3.63) is 12.2 Å². The zero-order valence-electron chi connectivity index (χ0n) is 13.2. The van der Waals surface area contributed by atoms with E-state index in [2.05, 4.69) is 32.9 Å². The van der Waals surface area contributed by atoms with Crippen LogP contribution in [0.15, 0.2) is 12.2 Å². The Hall–Kier alpha value is -0.920. The molecule has 0 heterocycles. The van der Waals surface area contributed by atoms with Crippen LogP contribution >= 0.6 is 0 Å². The standard InChI is InChI=1S/C17H28O2/c1-11-8-7-9-17(5,6)16(11)15(19)10-12(2)13(3)14(4)18/h7-8,11-13,16H,9-10H2,1-6H3. The van der Waals surface area contributed by atoms with Crippen molar-refractivity contribution in [3.8, 4) is 0 Å². The van der Waals surface area contributed by atoms with Crippen molar-refractivity contribution in [3.63, 3.8) is 0 Å². The summed E-state index contributed by atoms with van der Waals surface area (Å²) in [4.78, 5) is 24.0. The number of carbonyl (C=O) groups is 2. The third-order valence-electron chi connectivity index (χ3n) is 4.82. The Morgan fingerprint density at radius 3 is 2.37 bits per heavy atom. The number of Topliss-reactive ketones (excluding diaryl/α,β-unsaturated/α-hetero) is 2. The maximum absolute atomic E-state index is 12.6. The highest BCUT2D eigenvalue weighted by molar-refractivity contribution is 5.84. The van der Waals surface area contributed by atoms with Gasteiger partial charge in [0.1, 0.15) is 11.6 Å². The Bertz CT molecular complexity index is 379. The highest BCUT2D eigenvalue weighted by atomic mass is 16.1. The number of allylic oxidation sites excluding steroid dienone is 2. The van der Waals surface area contributed by atoms with Crippen LogP contribution in [0.5, 0.6) is 0 Å². The predicted octanol–water partition coefficient (Wildman–Crippen LogP) is 4.05. The summed E-state index contributed by atoms with van der Waals surface area (Å²) in [5.74, 6) is 0.995. The summed E-state index contributed by atoms with van der Waals surface area (Å²) in [6, 6.07) is 0. The van der Waals surface area contributed by atoms with Gasteiger partial charge in [0.25, 0.3) is 0 Å². The highest BCUT2D eigenvalue weighted by Gasteiger charge is 2.39. The predicted molar refractivity (Wildman–Crippen MR) is 78.8 cm³/mol. The molecule has 0 aliphatic heterocycles. The van der Waals surface area contributed by atoms with Gasteiger partial charge in [0.15, 0.2) is 0 Å². The van der Waals surface area contributed by atoms with Crippen molar-refractivity contribution in [1.29, 1.82) is 0 Å². The molecule has 0 bridgehead atoms. The van der Waals surface area contributed by atoms with Gasteiger partial charge in [-0.25, -0.2) is 0 Å². The lowest BCUT2D eigenvalue weighted by Gasteiger charge is -2.39. The van der Waals surface area contributed by atoms with E-state index >= 15 is 0 Å². The largest absolute Gasteiger partial charge is 0.300 e. The van der Waals surface area contributed by atoms with Crippen molar-refractivity contribution in [2.24, 2.45) is 29.1 Å². The van der Waals surface area contributed by atoms with Gasteiger partial charge in [0.2, 0.25) is 0 Å². The van der Waals surface area contributed by atoms with Gasteiger partial charge in [0, 0.05) is 18.3 Å². The van der Waals surface area contributed by atoms with Crippen LogP contribution in [0.1, 0.15) is 54.4 Å². The molecule has 0 fully saturated rings. The highest BCUT2D eigenvalue weighted by Crippen LogP contribution is 2.42. The molecule has 2 nitrogen and oxygen atoms in total. The molecule has 0 spiro atoms. The third-order valence-corrected chi connectivity index (χ3v) is 4.82. The van der Waals surface area contributed by atoms with Crippen LogP contribution in [0.25, 0.3) is 0 Å². The summed E-state index contributed by atoms with van der Waals surface area (Å²) in [7, 11) is 0. The second-order valence-electron chi connectivity index (χ2n) is 7.00. The number of rotatable bonds is 5. The van der Waals surface area contributed by atoms with Crippen LogP contribution < -0.4 is 0 Å². The fourth-order valence-corrected chi connectivity index (χ4v) is 3.29. The van der Waals surface area contributed by atoms with Gasteiger partial charge in [-0.3, -0.25) is 9.59 Å².